The van der Waals surface area contributed by atoms with Gasteiger partial charge in [-0.1, -0.05) is 42.5 Å². The minimum atomic E-state index is -0.668. The monoisotopic (exact) mass is 481 g/mol. The van der Waals surface area contributed by atoms with Crippen LogP contribution in [0.2, 0.25) is 0 Å². The van der Waals surface area contributed by atoms with Crippen molar-refractivity contribution in [3.63, 3.8) is 0 Å². The van der Waals surface area contributed by atoms with E-state index in [0.717, 1.165) is 26.9 Å². The highest BCUT2D eigenvalue weighted by Crippen LogP contribution is 2.47. The van der Waals surface area contributed by atoms with Crippen LogP contribution in [0.5, 0.6) is 5.75 Å². The molecule has 0 amide bonds. The van der Waals surface area contributed by atoms with Gasteiger partial charge in [0.2, 0.25) is 0 Å². The molecule has 3 aromatic carbocycles. The van der Waals surface area contributed by atoms with E-state index in [9.17, 15) is 14.0 Å². The van der Waals surface area contributed by atoms with Gasteiger partial charge in [-0.05, 0) is 54.8 Å². The fraction of sp³-hybridized carbons (Fsp3) is 0.172. The van der Waals surface area contributed by atoms with Gasteiger partial charge in [0.15, 0.2) is 6.10 Å². The molecule has 5 aromatic rings. The summed E-state index contributed by atoms with van der Waals surface area (Å²) in [5.41, 5.74) is 5.47. The first-order chi connectivity index (χ1) is 17.3. The maximum absolute atomic E-state index is 13.8. The molecular weight excluding hydrogens is 457 g/mol. The summed E-state index contributed by atoms with van der Waals surface area (Å²) in [7, 11) is 3.16. The van der Waals surface area contributed by atoms with Gasteiger partial charge in [-0.2, -0.15) is 0 Å². The van der Waals surface area contributed by atoms with Crippen molar-refractivity contribution in [1.29, 1.82) is 0 Å². The highest BCUT2D eigenvalue weighted by molar-refractivity contribution is 5.98. The van der Waals surface area contributed by atoms with Crippen LogP contribution in [-0.2, 0) is 14.1 Å². The van der Waals surface area contributed by atoms with Crippen molar-refractivity contribution in [2.24, 2.45) is 14.1 Å². The Kier molecular flexibility index (Phi) is 4.80. The molecule has 180 valence electrons. The lowest BCUT2D eigenvalue weighted by atomic mass is 10.0. The Labute approximate surface area is 206 Å². The molecule has 0 radical (unpaired) electrons. The topological polar surface area (TPSA) is 58.2 Å². The zero-order chi connectivity index (χ0) is 25.3. The molecule has 6 nitrogen and oxygen atoms in total. The largest absolute Gasteiger partial charge is 0.477 e. The summed E-state index contributed by atoms with van der Waals surface area (Å²) in [5, 5.41) is 0.439. The van der Waals surface area contributed by atoms with Crippen LogP contribution in [-0.4, -0.2) is 13.7 Å². The van der Waals surface area contributed by atoms with Crippen LogP contribution in [0.4, 0.5) is 4.39 Å². The van der Waals surface area contributed by atoms with Gasteiger partial charge in [0.25, 0.3) is 5.56 Å². The van der Waals surface area contributed by atoms with Crippen LogP contribution < -0.4 is 16.0 Å². The third kappa shape index (κ3) is 3.02. The molecule has 0 bridgehead atoms. The predicted molar refractivity (Wildman–Crippen MR) is 138 cm³/mol. The molecule has 0 N–H and O–H groups in total. The van der Waals surface area contributed by atoms with Gasteiger partial charge in [-0.3, -0.25) is 13.9 Å². The fourth-order valence-corrected chi connectivity index (χ4v) is 5.23. The molecule has 36 heavy (non-hydrogen) atoms. The maximum atomic E-state index is 13.8. The van der Waals surface area contributed by atoms with Crippen LogP contribution >= 0.6 is 0 Å². The number of rotatable bonds is 2. The Morgan fingerprint density at radius 1 is 0.889 bits per heavy atom. The molecule has 0 spiro atoms. The Hall–Kier alpha value is -4.39. The first kappa shape index (κ1) is 22.1. The molecule has 2 aromatic heterocycles. The van der Waals surface area contributed by atoms with E-state index in [1.807, 2.05) is 60.9 Å². The van der Waals surface area contributed by atoms with Crippen molar-refractivity contribution in [3.8, 4) is 22.7 Å². The van der Waals surface area contributed by atoms with Gasteiger partial charge in [-0.15, -0.1) is 0 Å². The van der Waals surface area contributed by atoms with E-state index >= 15 is 0 Å². The minimum Gasteiger partial charge on any atom is -0.477 e. The number of benzene rings is 3. The van der Waals surface area contributed by atoms with Crippen molar-refractivity contribution < 1.29 is 9.13 Å². The second kappa shape index (κ2) is 7.81. The van der Waals surface area contributed by atoms with Crippen LogP contribution in [0.25, 0.3) is 27.8 Å². The van der Waals surface area contributed by atoms with Crippen molar-refractivity contribution in [3.05, 3.63) is 116 Å². The van der Waals surface area contributed by atoms with E-state index in [1.165, 1.54) is 23.7 Å². The lowest BCUT2D eigenvalue weighted by molar-refractivity contribution is 0.229. The maximum Gasteiger partial charge on any atom is 0.331 e. The highest BCUT2D eigenvalue weighted by Gasteiger charge is 2.36. The summed E-state index contributed by atoms with van der Waals surface area (Å²) in [6, 6.07) is 19.9. The molecule has 1 aliphatic heterocycles. The van der Waals surface area contributed by atoms with Gasteiger partial charge >= 0.3 is 5.69 Å². The number of aryl methyl sites for hydroxylation is 3. The molecule has 0 saturated carbocycles. The molecule has 6 rings (SSSR count). The van der Waals surface area contributed by atoms with Crippen molar-refractivity contribution in [2.45, 2.75) is 20.0 Å². The van der Waals surface area contributed by atoms with Crippen LogP contribution in [0.1, 0.15) is 28.5 Å². The summed E-state index contributed by atoms with van der Waals surface area (Å²) >= 11 is 0. The number of halogens is 1. The highest BCUT2D eigenvalue weighted by atomic mass is 19.1. The van der Waals surface area contributed by atoms with E-state index in [4.69, 9.17) is 4.74 Å². The average molecular weight is 482 g/mol. The number of hydrogen-bond acceptors (Lipinski definition) is 3. The normalized spacial score (nSPS) is 14.4. The molecule has 0 fully saturated rings. The van der Waals surface area contributed by atoms with Gasteiger partial charge in [0, 0.05) is 19.7 Å². The van der Waals surface area contributed by atoms with Gasteiger partial charge in [0.1, 0.15) is 11.6 Å². The standard InChI is InChI=1S/C29H24FN3O3/c1-16-9-14-22-21(15-16)33-24(20-8-6-5-7-17(20)2)23-25(31(3)29(35)32(4)28(23)34)26(33)27(36-22)18-10-12-19(30)13-11-18/h5-15,27H,1-4H3. The van der Waals surface area contributed by atoms with E-state index in [0.29, 0.717) is 33.6 Å². The lowest BCUT2D eigenvalue weighted by Crippen LogP contribution is -2.37. The van der Waals surface area contributed by atoms with E-state index in [1.54, 1.807) is 19.2 Å². The molecule has 1 unspecified atom stereocenters. The number of ether oxygens (including phenoxy) is 1. The molecule has 3 heterocycles. The van der Waals surface area contributed by atoms with E-state index in [-0.39, 0.29) is 11.4 Å². The predicted octanol–water partition coefficient (Wildman–Crippen LogP) is 4.93. The Morgan fingerprint density at radius 2 is 1.61 bits per heavy atom. The third-order valence-corrected chi connectivity index (χ3v) is 7.03. The molecule has 1 aliphatic rings. The lowest BCUT2D eigenvalue weighted by Gasteiger charge is -2.30. The summed E-state index contributed by atoms with van der Waals surface area (Å²) in [6.07, 6.45) is -0.668. The number of hydrogen-bond donors (Lipinski definition) is 0. The summed E-state index contributed by atoms with van der Waals surface area (Å²) in [6.45, 7) is 4.00. The van der Waals surface area contributed by atoms with Crippen molar-refractivity contribution in [2.75, 3.05) is 0 Å². The zero-order valence-electron chi connectivity index (χ0n) is 20.4. The quantitative estimate of drug-likeness (QED) is 0.359. The Bertz CT molecular complexity index is 1810. The second-order valence-corrected chi connectivity index (χ2v) is 9.33. The Balaban J connectivity index is 1.88. The number of fused-ring (bicyclic) bond motifs is 5. The number of aromatic nitrogens is 3. The molecular formula is C29H24FN3O3. The Morgan fingerprint density at radius 3 is 2.33 bits per heavy atom. The molecule has 7 heteroatoms. The van der Waals surface area contributed by atoms with Crippen molar-refractivity contribution >= 4 is 10.9 Å². The minimum absolute atomic E-state index is 0.354. The van der Waals surface area contributed by atoms with Crippen LogP contribution in [0, 0.1) is 19.7 Å². The van der Waals surface area contributed by atoms with Crippen LogP contribution in [0.3, 0.4) is 0 Å². The van der Waals surface area contributed by atoms with Gasteiger partial charge in [0.05, 0.1) is 28.0 Å². The molecule has 0 aliphatic carbocycles. The summed E-state index contributed by atoms with van der Waals surface area (Å²) in [5.74, 6) is 0.284. The summed E-state index contributed by atoms with van der Waals surface area (Å²) < 4.78 is 25.1. The van der Waals surface area contributed by atoms with Crippen LogP contribution in [0.15, 0.2) is 76.3 Å². The van der Waals surface area contributed by atoms with Gasteiger partial charge in [-0.25, -0.2) is 9.18 Å². The summed E-state index contributed by atoms with van der Waals surface area (Å²) in [4.78, 5) is 26.9. The van der Waals surface area contributed by atoms with E-state index in [2.05, 4.69) is 0 Å². The second-order valence-electron chi connectivity index (χ2n) is 9.33. The average Bonchev–Trinajstić information content (AvgIpc) is 3.23. The first-order valence-electron chi connectivity index (χ1n) is 11.7. The smallest absolute Gasteiger partial charge is 0.331 e. The molecule has 1 atom stereocenters. The van der Waals surface area contributed by atoms with Crippen molar-refractivity contribution in [1.82, 2.24) is 13.7 Å². The first-order valence-corrected chi connectivity index (χ1v) is 11.7. The third-order valence-electron chi connectivity index (χ3n) is 7.03. The SMILES string of the molecule is Cc1ccc2c(c1)-n1c(-c3ccccc3C)c3c(=O)n(C)c(=O)n(C)c3c1C(c1ccc(F)cc1)O2. The number of nitrogens with zero attached hydrogens (tertiary/aromatic N) is 3. The zero-order valence-corrected chi connectivity index (χ0v) is 20.4. The molecule has 0 saturated heterocycles. The fourth-order valence-electron chi connectivity index (χ4n) is 5.23. The van der Waals surface area contributed by atoms with Gasteiger partial charge < -0.3 is 9.30 Å². The van der Waals surface area contributed by atoms with E-state index < -0.39 is 11.8 Å².